The Hall–Kier alpha value is -0.780. The maximum Gasteiger partial charge on any atom is -0.0136 e. The average molecular weight is 150 g/mol. The van der Waals surface area contributed by atoms with Crippen molar-refractivity contribution in [1.29, 1.82) is 0 Å². The van der Waals surface area contributed by atoms with Gasteiger partial charge in [-0.15, -0.1) is 13.2 Å². The topological polar surface area (TPSA) is 0 Å². The Morgan fingerprint density at radius 2 is 1.64 bits per heavy atom. The van der Waals surface area contributed by atoms with Gasteiger partial charge in [0.25, 0.3) is 0 Å². The van der Waals surface area contributed by atoms with Crippen molar-refractivity contribution < 1.29 is 0 Å². The van der Waals surface area contributed by atoms with E-state index in [0.29, 0.717) is 0 Å². The maximum absolute atomic E-state index is 3.73. The number of hydrogen-bond donors (Lipinski definition) is 0. The highest BCUT2D eigenvalue weighted by molar-refractivity contribution is 5.16. The van der Waals surface area contributed by atoms with Gasteiger partial charge < -0.3 is 0 Å². The summed E-state index contributed by atoms with van der Waals surface area (Å²) < 4.78 is 0. The molecule has 0 saturated heterocycles. The molecule has 0 heterocycles. The molecule has 0 rings (SSSR count). The van der Waals surface area contributed by atoms with Gasteiger partial charge in [0.05, 0.1) is 0 Å². The lowest BCUT2D eigenvalue weighted by Gasteiger charge is -2.05. The summed E-state index contributed by atoms with van der Waals surface area (Å²) in [6.07, 6.45) is 7.06. The van der Waals surface area contributed by atoms with Gasteiger partial charge in [-0.25, -0.2) is 0 Å². The van der Waals surface area contributed by atoms with E-state index in [1.807, 2.05) is 12.2 Å². The molecule has 0 unspecified atom stereocenters. The van der Waals surface area contributed by atoms with E-state index >= 15 is 0 Å². The molecule has 0 aliphatic rings. The van der Waals surface area contributed by atoms with Crippen LogP contribution in [0.4, 0.5) is 0 Å². The van der Waals surface area contributed by atoms with Crippen molar-refractivity contribution in [2.24, 2.45) is 0 Å². The second kappa shape index (κ2) is 5.96. The lowest BCUT2D eigenvalue weighted by Crippen LogP contribution is -1.85. The Kier molecular flexibility index (Phi) is 5.54. The van der Waals surface area contributed by atoms with Crippen LogP contribution in [-0.2, 0) is 0 Å². The first-order valence-electron chi connectivity index (χ1n) is 4.15. The van der Waals surface area contributed by atoms with E-state index in [9.17, 15) is 0 Å². The fraction of sp³-hybridized carbons (Fsp3) is 0.455. The van der Waals surface area contributed by atoms with E-state index < -0.39 is 0 Å². The maximum atomic E-state index is 3.73. The molecule has 11 heavy (non-hydrogen) atoms. The molecule has 0 fully saturated rings. The number of hydrogen-bond acceptors (Lipinski definition) is 0. The molecule has 0 spiro atoms. The van der Waals surface area contributed by atoms with Crippen LogP contribution in [0.15, 0.2) is 36.5 Å². The molecule has 0 aliphatic carbocycles. The summed E-state index contributed by atoms with van der Waals surface area (Å²) in [6.45, 7) is 11.8. The van der Waals surface area contributed by atoms with Crippen LogP contribution in [-0.4, -0.2) is 0 Å². The Bertz CT molecular complexity index is 149. The molecule has 0 aromatic carbocycles. The van der Waals surface area contributed by atoms with Crippen molar-refractivity contribution in [1.82, 2.24) is 0 Å². The van der Waals surface area contributed by atoms with Crippen LogP contribution < -0.4 is 0 Å². The molecule has 0 N–H and O–H groups in total. The quantitative estimate of drug-likeness (QED) is 0.522. The van der Waals surface area contributed by atoms with Crippen molar-refractivity contribution >= 4 is 0 Å². The molecule has 0 nitrogen and oxygen atoms in total. The van der Waals surface area contributed by atoms with Crippen molar-refractivity contribution in [3.63, 3.8) is 0 Å². The third-order valence-corrected chi connectivity index (χ3v) is 1.92. The van der Waals surface area contributed by atoms with E-state index in [1.54, 1.807) is 0 Å². The average Bonchev–Trinajstić information content (AvgIpc) is 2.03. The summed E-state index contributed by atoms with van der Waals surface area (Å²) in [5, 5.41) is 0. The molecule has 0 aromatic heterocycles. The Balaban J connectivity index is 4.27. The molecule has 0 heteroatoms. The van der Waals surface area contributed by atoms with Crippen molar-refractivity contribution in [2.45, 2.75) is 33.1 Å². The molecule has 0 bridgehead atoms. The van der Waals surface area contributed by atoms with Gasteiger partial charge in [0, 0.05) is 0 Å². The minimum atomic E-state index is 1.01. The van der Waals surface area contributed by atoms with Gasteiger partial charge in [-0.05, 0) is 26.2 Å². The highest BCUT2D eigenvalue weighted by Gasteiger charge is 1.95. The normalized spacial score (nSPS) is 8.91. The second-order valence-corrected chi connectivity index (χ2v) is 2.72. The Labute approximate surface area is 70.3 Å². The number of allylic oxidation sites excluding steroid dienone is 4. The molecule has 0 aromatic rings. The van der Waals surface area contributed by atoms with E-state index in [-0.39, 0.29) is 0 Å². The Morgan fingerprint density at radius 1 is 1.18 bits per heavy atom. The first-order chi connectivity index (χ1) is 5.26. The van der Waals surface area contributed by atoms with Crippen molar-refractivity contribution in [3.05, 3.63) is 36.5 Å². The SMILES string of the molecule is C=CCC(CC=C)=C(C)CC. The van der Waals surface area contributed by atoms with Gasteiger partial charge in [0.1, 0.15) is 0 Å². The summed E-state index contributed by atoms with van der Waals surface area (Å²) in [5.74, 6) is 0. The zero-order valence-electron chi connectivity index (χ0n) is 7.69. The van der Waals surface area contributed by atoms with E-state index in [2.05, 4.69) is 27.0 Å². The molecule has 0 amide bonds. The first-order valence-corrected chi connectivity index (χ1v) is 4.15. The second-order valence-electron chi connectivity index (χ2n) is 2.72. The van der Waals surface area contributed by atoms with Crippen LogP contribution in [0.1, 0.15) is 33.1 Å². The standard InChI is InChI=1S/C11H18/c1-5-8-11(9-6-2)10(4)7-3/h5-6H,1-2,7-9H2,3-4H3. The van der Waals surface area contributed by atoms with Gasteiger partial charge in [0.15, 0.2) is 0 Å². The van der Waals surface area contributed by atoms with Gasteiger partial charge in [0.2, 0.25) is 0 Å². The van der Waals surface area contributed by atoms with Gasteiger partial charge in [-0.3, -0.25) is 0 Å². The summed E-state index contributed by atoms with van der Waals surface area (Å²) in [4.78, 5) is 0. The summed E-state index contributed by atoms with van der Waals surface area (Å²) in [7, 11) is 0. The Morgan fingerprint density at radius 3 is 1.91 bits per heavy atom. The molecule has 0 radical (unpaired) electrons. The van der Waals surface area contributed by atoms with Crippen LogP contribution in [0.25, 0.3) is 0 Å². The van der Waals surface area contributed by atoms with E-state index in [4.69, 9.17) is 0 Å². The monoisotopic (exact) mass is 150 g/mol. The summed E-state index contributed by atoms with van der Waals surface area (Å²) >= 11 is 0. The van der Waals surface area contributed by atoms with Crippen molar-refractivity contribution in [3.8, 4) is 0 Å². The van der Waals surface area contributed by atoms with Crippen molar-refractivity contribution in [2.75, 3.05) is 0 Å². The van der Waals surface area contributed by atoms with Crippen LogP contribution in [0.5, 0.6) is 0 Å². The first kappa shape index (κ1) is 10.2. The fourth-order valence-corrected chi connectivity index (χ4v) is 1.03. The molecular formula is C11H18. The smallest absolute Gasteiger partial charge is 0.0136 e. The fourth-order valence-electron chi connectivity index (χ4n) is 1.03. The minimum Gasteiger partial charge on any atom is -0.103 e. The predicted octanol–water partition coefficient (Wildman–Crippen LogP) is 3.87. The van der Waals surface area contributed by atoms with Crippen LogP contribution in [0.3, 0.4) is 0 Å². The lowest BCUT2D eigenvalue weighted by atomic mass is 10.0. The lowest BCUT2D eigenvalue weighted by molar-refractivity contribution is 0.983. The van der Waals surface area contributed by atoms with E-state index in [0.717, 1.165) is 19.3 Å². The van der Waals surface area contributed by atoms with E-state index in [1.165, 1.54) is 11.1 Å². The minimum absolute atomic E-state index is 1.01. The largest absolute Gasteiger partial charge is 0.103 e. The van der Waals surface area contributed by atoms with Crippen LogP contribution >= 0.6 is 0 Å². The summed E-state index contributed by atoms with van der Waals surface area (Å²) in [5.41, 5.74) is 2.95. The molecular weight excluding hydrogens is 132 g/mol. The van der Waals surface area contributed by atoms with Gasteiger partial charge in [-0.2, -0.15) is 0 Å². The summed E-state index contributed by atoms with van der Waals surface area (Å²) in [6, 6.07) is 0. The predicted molar refractivity (Wildman–Crippen MR) is 52.6 cm³/mol. The highest BCUT2D eigenvalue weighted by atomic mass is 14.0. The molecule has 0 aliphatic heterocycles. The number of rotatable bonds is 5. The highest BCUT2D eigenvalue weighted by Crippen LogP contribution is 2.16. The van der Waals surface area contributed by atoms with Gasteiger partial charge in [-0.1, -0.05) is 30.2 Å². The van der Waals surface area contributed by atoms with Crippen LogP contribution in [0.2, 0.25) is 0 Å². The molecule has 0 atom stereocenters. The third-order valence-electron chi connectivity index (χ3n) is 1.92. The zero-order valence-corrected chi connectivity index (χ0v) is 7.69. The van der Waals surface area contributed by atoms with Gasteiger partial charge >= 0.3 is 0 Å². The molecule has 62 valence electrons. The van der Waals surface area contributed by atoms with Crippen LogP contribution in [0, 0.1) is 0 Å². The zero-order chi connectivity index (χ0) is 8.69. The third kappa shape index (κ3) is 3.82. The molecule has 0 saturated carbocycles.